The van der Waals surface area contributed by atoms with Gasteiger partial charge in [-0.1, -0.05) is 6.07 Å². The zero-order valence-electron chi connectivity index (χ0n) is 10.8. The maximum Gasteiger partial charge on any atom is 0.137 e. The van der Waals surface area contributed by atoms with Crippen molar-refractivity contribution in [2.75, 3.05) is 20.1 Å². The van der Waals surface area contributed by atoms with Gasteiger partial charge in [0.05, 0.1) is 4.47 Å². The fourth-order valence-electron chi connectivity index (χ4n) is 2.50. The fourth-order valence-corrected chi connectivity index (χ4v) is 2.74. The molecule has 1 fully saturated rings. The van der Waals surface area contributed by atoms with E-state index in [4.69, 9.17) is 0 Å². The molecule has 1 saturated heterocycles. The van der Waals surface area contributed by atoms with E-state index >= 15 is 0 Å². The van der Waals surface area contributed by atoms with Crippen LogP contribution in [0, 0.1) is 5.82 Å². The molecule has 4 heteroatoms. The SMILES string of the molecule is CN(Cc1ccc(Br)c(F)c1)C1CCCNCC1. The van der Waals surface area contributed by atoms with Crippen LogP contribution in [0.2, 0.25) is 0 Å². The highest BCUT2D eigenvalue weighted by molar-refractivity contribution is 9.10. The summed E-state index contributed by atoms with van der Waals surface area (Å²) in [5, 5.41) is 3.42. The molecule has 1 aromatic rings. The van der Waals surface area contributed by atoms with E-state index < -0.39 is 0 Å². The summed E-state index contributed by atoms with van der Waals surface area (Å²) in [7, 11) is 2.13. The van der Waals surface area contributed by atoms with Gasteiger partial charge in [-0.15, -0.1) is 0 Å². The van der Waals surface area contributed by atoms with Crippen molar-refractivity contribution in [3.05, 3.63) is 34.1 Å². The Kier molecular flexibility index (Phi) is 5.15. The van der Waals surface area contributed by atoms with Gasteiger partial charge in [-0.3, -0.25) is 4.90 Å². The highest BCUT2D eigenvalue weighted by Gasteiger charge is 2.17. The summed E-state index contributed by atoms with van der Waals surface area (Å²) in [4.78, 5) is 2.34. The van der Waals surface area contributed by atoms with E-state index in [0.29, 0.717) is 10.5 Å². The van der Waals surface area contributed by atoms with Crippen molar-refractivity contribution in [3.8, 4) is 0 Å². The molecule has 0 bridgehead atoms. The molecular weight excluding hydrogens is 295 g/mol. The predicted molar refractivity (Wildman–Crippen MR) is 76.1 cm³/mol. The van der Waals surface area contributed by atoms with Gasteiger partial charge in [-0.2, -0.15) is 0 Å². The van der Waals surface area contributed by atoms with Crippen LogP contribution in [-0.4, -0.2) is 31.1 Å². The smallest absolute Gasteiger partial charge is 0.137 e. The van der Waals surface area contributed by atoms with E-state index in [0.717, 1.165) is 25.2 Å². The summed E-state index contributed by atoms with van der Waals surface area (Å²) in [6.45, 7) is 3.02. The average molecular weight is 315 g/mol. The minimum absolute atomic E-state index is 0.177. The van der Waals surface area contributed by atoms with E-state index in [1.54, 1.807) is 12.1 Å². The topological polar surface area (TPSA) is 15.3 Å². The van der Waals surface area contributed by atoms with Crippen LogP contribution in [0.15, 0.2) is 22.7 Å². The zero-order chi connectivity index (χ0) is 13.0. The molecule has 1 aromatic carbocycles. The van der Waals surface area contributed by atoms with Crippen molar-refractivity contribution >= 4 is 15.9 Å². The molecule has 1 unspecified atom stereocenters. The van der Waals surface area contributed by atoms with Gasteiger partial charge >= 0.3 is 0 Å². The molecule has 0 saturated carbocycles. The lowest BCUT2D eigenvalue weighted by Gasteiger charge is -2.26. The number of nitrogens with zero attached hydrogens (tertiary/aromatic N) is 1. The maximum absolute atomic E-state index is 13.5. The molecule has 1 aliphatic heterocycles. The lowest BCUT2D eigenvalue weighted by molar-refractivity contribution is 0.216. The lowest BCUT2D eigenvalue weighted by atomic mass is 10.1. The largest absolute Gasteiger partial charge is 0.317 e. The molecule has 1 atom stereocenters. The normalized spacial score (nSPS) is 21.0. The van der Waals surface area contributed by atoms with Crippen molar-refractivity contribution in [2.24, 2.45) is 0 Å². The molecule has 2 rings (SSSR count). The third-order valence-corrected chi connectivity index (χ3v) is 4.23. The molecule has 1 heterocycles. The minimum Gasteiger partial charge on any atom is -0.317 e. The van der Waals surface area contributed by atoms with Crippen molar-refractivity contribution in [1.29, 1.82) is 0 Å². The zero-order valence-corrected chi connectivity index (χ0v) is 12.3. The van der Waals surface area contributed by atoms with Crippen LogP contribution in [-0.2, 0) is 6.54 Å². The number of hydrogen-bond donors (Lipinski definition) is 1. The first-order valence-corrected chi connectivity index (χ1v) is 7.31. The van der Waals surface area contributed by atoms with E-state index in [-0.39, 0.29) is 5.82 Å². The van der Waals surface area contributed by atoms with Gasteiger partial charge in [0.2, 0.25) is 0 Å². The third-order valence-electron chi connectivity index (χ3n) is 3.58. The Morgan fingerprint density at radius 2 is 2.22 bits per heavy atom. The number of nitrogens with one attached hydrogen (secondary N) is 1. The van der Waals surface area contributed by atoms with E-state index in [1.165, 1.54) is 19.3 Å². The quantitative estimate of drug-likeness (QED) is 0.922. The third kappa shape index (κ3) is 3.77. The molecule has 0 aromatic heterocycles. The highest BCUT2D eigenvalue weighted by atomic mass is 79.9. The second kappa shape index (κ2) is 6.64. The first-order valence-electron chi connectivity index (χ1n) is 6.51. The standard InChI is InChI=1S/C14H20BrFN2/c1-18(12-3-2-7-17-8-6-12)10-11-4-5-13(15)14(16)9-11/h4-5,9,12,17H,2-3,6-8,10H2,1H3. The Morgan fingerprint density at radius 1 is 1.39 bits per heavy atom. The van der Waals surface area contributed by atoms with Gasteiger partial charge in [0.15, 0.2) is 0 Å². The van der Waals surface area contributed by atoms with E-state index in [9.17, 15) is 4.39 Å². The Balaban J connectivity index is 1.96. The molecular formula is C14H20BrFN2. The van der Waals surface area contributed by atoms with Gasteiger partial charge in [-0.05, 0) is 73.0 Å². The molecule has 18 heavy (non-hydrogen) atoms. The van der Waals surface area contributed by atoms with Gasteiger partial charge in [0, 0.05) is 12.6 Å². The van der Waals surface area contributed by atoms with Crippen molar-refractivity contribution < 1.29 is 4.39 Å². The molecule has 100 valence electrons. The van der Waals surface area contributed by atoms with Gasteiger partial charge in [0.1, 0.15) is 5.82 Å². The highest BCUT2D eigenvalue weighted by Crippen LogP contribution is 2.19. The van der Waals surface area contributed by atoms with Crippen LogP contribution >= 0.6 is 15.9 Å². The van der Waals surface area contributed by atoms with Crippen LogP contribution < -0.4 is 5.32 Å². The number of halogens is 2. The first kappa shape index (κ1) is 14.0. The van der Waals surface area contributed by atoms with Crippen LogP contribution in [0.1, 0.15) is 24.8 Å². The van der Waals surface area contributed by atoms with Crippen LogP contribution in [0.4, 0.5) is 4.39 Å². The number of rotatable bonds is 3. The molecule has 2 nitrogen and oxygen atoms in total. The summed E-state index contributed by atoms with van der Waals surface area (Å²) in [5.74, 6) is -0.177. The molecule has 1 aliphatic rings. The summed E-state index contributed by atoms with van der Waals surface area (Å²) in [6.07, 6.45) is 3.63. The lowest BCUT2D eigenvalue weighted by Crippen LogP contribution is -2.32. The summed E-state index contributed by atoms with van der Waals surface area (Å²) < 4.78 is 14.0. The number of benzene rings is 1. The Morgan fingerprint density at radius 3 is 3.00 bits per heavy atom. The van der Waals surface area contributed by atoms with Gasteiger partial charge in [-0.25, -0.2) is 4.39 Å². The Hall–Kier alpha value is -0.450. The Labute approximate surface area is 117 Å². The fraction of sp³-hybridized carbons (Fsp3) is 0.571. The van der Waals surface area contributed by atoms with Crippen molar-refractivity contribution in [2.45, 2.75) is 31.8 Å². The number of hydrogen-bond acceptors (Lipinski definition) is 2. The maximum atomic E-state index is 13.5. The van der Waals surface area contributed by atoms with Crippen LogP contribution in [0.3, 0.4) is 0 Å². The van der Waals surface area contributed by atoms with Crippen molar-refractivity contribution in [1.82, 2.24) is 10.2 Å². The molecule has 0 spiro atoms. The van der Waals surface area contributed by atoms with Crippen LogP contribution in [0.25, 0.3) is 0 Å². The second-order valence-electron chi connectivity index (χ2n) is 5.00. The first-order chi connectivity index (χ1) is 8.66. The predicted octanol–water partition coefficient (Wildman–Crippen LogP) is 3.16. The molecule has 0 aliphatic carbocycles. The molecule has 0 amide bonds. The summed E-state index contributed by atoms with van der Waals surface area (Å²) >= 11 is 3.19. The summed E-state index contributed by atoms with van der Waals surface area (Å²) in [5.41, 5.74) is 1.04. The average Bonchev–Trinajstić information content (AvgIpc) is 2.62. The van der Waals surface area contributed by atoms with E-state index in [1.807, 2.05) is 6.07 Å². The monoisotopic (exact) mass is 314 g/mol. The van der Waals surface area contributed by atoms with Crippen molar-refractivity contribution in [3.63, 3.8) is 0 Å². The van der Waals surface area contributed by atoms with E-state index in [2.05, 4.69) is 33.2 Å². The van der Waals surface area contributed by atoms with Gasteiger partial charge < -0.3 is 5.32 Å². The van der Waals surface area contributed by atoms with Crippen LogP contribution in [0.5, 0.6) is 0 Å². The molecule has 0 radical (unpaired) electrons. The Bertz CT molecular complexity index is 389. The minimum atomic E-state index is -0.177. The second-order valence-corrected chi connectivity index (χ2v) is 5.85. The molecule has 1 N–H and O–H groups in total. The summed E-state index contributed by atoms with van der Waals surface area (Å²) in [6, 6.07) is 5.99. The van der Waals surface area contributed by atoms with Gasteiger partial charge in [0.25, 0.3) is 0 Å².